The van der Waals surface area contributed by atoms with E-state index in [0.717, 1.165) is 55.7 Å². The van der Waals surface area contributed by atoms with Crippen molar-refractivity contribution in [1.29, 1.82) is 0 Å². The van der Waals surface area contributed by atoms with Crippen LogP contribution in [0.15, 0.2) is 18.2 Å². The molecule has 1 unspecified atom stereocenters. The van der Waals surface area contributed by atoms with Crippen LogP contribution in [0.2, 0.25) is 0 Å². The van der Waals surface area contributed by atoms with Gasteiger partial charge in [-0.15, -0.1) is 0 Å². The van der Waals surface area contributed by atoms with Crippen molar-refractivity contribution < 1.29 is 9.47 Å². The van der Waals surface area contributed by atoms with Crippen LogP contribution in [0.5, 0.6) is 11.5 Å². The van der Waals surface area contributed by atoms with Crippen molar-refractivity contribution in [3.05, 3.63) is 35.4 Å². The number of aryl methyl sites for hydroxylation is 2. The Bertz CT molecular complexity index is 744. The first-order valence-corrected chi connectivity index (χ1v) is 9.99. The average Bonchev–Trinajstić information content (AvgIpc) is 2.97. The molecule has 0 spiro atoms. The zero-order chi connectivity index (χ0) is 19.2. The Morgan fingerprint density at radius 3 is 2.78 bits per heavy atom. The van der Waals surface area contributed by atoms with Gasteiger partial charge in [-0.1, -0.05) is 13.0 Å². The molecular weight excluding hydrogens is 340 g/mol. The van der Waals surface area contributed by atoms with E-state index in [2.05, 4.69) is 38.7 Å². The number of benzene rings is 1. The third-order valence-electron chi connectivity index (χ3n) is 5.09. The third-order valence-corrected chi connectivity index (χ3v) is 5.09. The van der Waals surface area contributed by atoms with Gasteiger partial charge in [-0.2, -0.15) is 5.10 Å². The van der Waals surface area contributed by atoms with Gasteiger partial charge in [0, 0.05) is 19.6 Å². The molecule has 1 aromatic heterocycles. The average molecular weight is 373 g/mol. The number of methoxy groups -OCH3 is 1. The SMILES string of the molecule is CCCOc1cc(CN2CCCC(Cn3nc(C)nc3C)C2)ccc1OC. The number of likely N-dealkylation sites (tertiary alicyclic amines) is 1. The van der Waals surface area contributed by atoms with Crippen molar-refractivity contribution in [2.45, 2.75) is 53.1 Å². The predicted molar refractivity (Wildman–Crippen MR) is 106 cm³/mol. The number of piperidine rings is 1. The molecule has 0 bridgehead atoms. The summed E-state index contributed by atoms with van der Waals surface area (Å²) in [5.41, 5.74) is 1.27. The van der Waals surface area contributed by atoms with Crippen molar-refractivity contribution >= 4 is 0 Å². The molecule has 0 amide bonds. The van der Waals surface area contributed by atoms with Gasteiger partial charge >= 0.3 is 0 Å². The second-order valence-electron chi connectivity index (χ2n) is 7.47. The first kappa shape index (κ1) is 19.7. The van der Waals surface area contributed by atoms with Crippen molar-refractivity contribution in [3.8, 4) is 11.5 Å². The van der Waals surface area contributed by atoms with Gasteiger partial charge in [0.1, 0.15) is 11.6 Å². The van der Waals surface area contributed by atoms with Gasteiger partial charge in [0.05, 0.1) is 13.7 Å². The quantitative estimate of drug-likeness (QED) is 0.709. The smallest absolute Gasteiger partial charge is 0.161 e. The second kappa shape index (κ2) is 9.22. The molecule has 148 valence electrons. The van der Waals surface area contributed by atoms with Crippen LogP contribution in [0.25, 0.3) is 0 Å². The molecule has 0 radical (unpaired) electrons. The summed E-state index contributed by atoms with van der Waals surface area (Å²) in [7, 11) is 1.69. The lowest BCUT2D eigenvalue weighted by atomic mass is 9.97. The van der Waals surface area contributed by atoms with E-state index in [1.54, 1.807) is 7.11 Å². The Hall–Kier alpha value is -2.08. The van der Waals surface area contributed by atoms with Crippen LogP contribution in [0.4, 0.5) is 0 Å². The van der Waals surface area contributed by atoms with Gasteiger partial charge in [0.25, 0.3) is 0 Å². The minimum absolute atomic E-state index is 0.618. The predicted octanol–water partition coefficient (Wildman–Crippen LogP) is 3.60. The fourth-order valence-electron chi connectivity index (χ4n) is 3.83. The van der Waals surface area contributed by atoms with Crippen LogP contribution >= 0.6 is 0 Å². The van der Waals surface area contributed by atoms with Gasteiger partial charge in [0.2, 0.25) is 0 Å². The molecular formula is C21H32N4O2. The number of aromatic nitrogens is 3. The molecule has 6 nitrogen and oxygen atoms in total. The maximum atomic E-state index is 5.86. The van der Waals surface area contributed by atoms with Gasteiger partial charge in [0.15, 0.2) is 11.5 Å². The fraction of sp³-hybridized carbons (Fsp3) is 0.619. The highest BCUT2D eigenvalue weighted by Gasteiger charge is 2.22. The molecule has 0 aliphatic carbocycles. The first-order valence-electron chi connectivity index (χ1n) is 9.99. The van der Waals surface area contributed by atoms with E-state index < -0.39 is 0 Å². The van der Waals surface area contributed by atoms with E-state index in [-0.39, 0.29) is 0 Å². The minimum atomic E-state index is 0.618. The molecule has 6 heteroatoms. The van der Waals surface area contributed by atoms with Gasteiger partial charge in [-0.3, -0.25) is 4.90 Å². The van der Waals surface area contributed by atoms with Crippen LogP contribution < -0.4 is 9.47 Å². The standard InChI is InChI=1S/C21H32N4O2/c1-5-11-27-21-12-18(8-9-20(21)26-4)13-24-10-6-7-19(14-24)15-25-17(3)22-16(2)23-25/h8-9,12,19H,5-7,10-11,13-15H2,1-4H3. The topological polar surface area (TPSA) is 52.4 Å². The number of nitrogens with zero attached hydrogens (tertiary/aromatic N) is 4. The zero-order valence-corrected chi connectivity index (χ0v) is 17.1. The number of hydrogen-bond donors (Lipinski definition) is 0. The lowest BCUT2D eigenvalue weighted by Gasteiger charge is -2.33. The number of rotatable bonds is 8. The highest BCUT2D eigenvalue weighted by atomic mass is 16.5. The monoisotopic (exact) mass is 372 g/mol. The Balaban J connectivity index is 1.62. The summed E-state index contributed by atoms with van der Waals surface area (Å²) < 4.78 is 13.4. The van der Waals surface area contributed by atoms with E-state index in [1.165, 1.54) is 18.4 Å². The van der Waals surface area contributed by atoms with E-state index >= 15 is 0 Å². The minimum Gasteiger partial charge on any atom is -0.493 e. The lowest BCUT2D eigenvalue weighted by molar-refractivity contribution is 0.152. The van der Waals surface area contributed by atoms with Crippen LogP contribution in [0.3, 0.4) is 0 Å². The Morgan fingerprint density at radius 1 is 1.22 bits per heavy atom. The molecule has 0 saturated carbocycles. The molecule has 1 aromatic carbocycles. The summed E-state index contributed by atoms with van der Waals surface area (Å²) in [6, 6.07) is 6.29. The molecule has 2 heterocycles. The van der Waals surface area contributed by atoms with Crippen molar-refractivity contribution in [2.24, 2.45) is 5.92 Å². The van der Waals surface area contributed by atoms with Gasteiger partial charge < -0.3 is 9.47 Å². The molecule has 1 saturated heterocycles. The van der Waals surface area contributed by atoms with E-state index in [1.807, 2.05) is 19.9 Å². The highest BCUT2D eigenvalue weighted by molar-refractivity contribution is 5.43. The fourth-order valence-corrected chi connectivity index (χ4v) is 3.83. The van der Waals surface area contributed by atoms with Crippen molar-refractivity contribution in [3.63, 3.8) is 0 Å². The van der Waals surface area contributed by atoms with E-state index in [4.69, 9.17) is 9.47 Å². The van der Waals surface area contributed by atoms with E-state index in [0.29, 0.717) is 12.5 Å². The molecule has 1 aliphatic heterocycles. The summed E-state index contributed by atoms with van der Waals surface area (Å²) >= 11 is 0. The normalized spacial score (nSPS) is 17.9. The van der Waals surface area contributed by atoms with Crippen LogP contribution in [-0.4, -0.2) is 46.5 Å². The Morgan fingerprint density at radius 2 is 2.07 bits per heavy atom. The first-order chi connectivity index (χ1) is 13.1. The zero-order valence-electron chi connectivity index (χ0n) is 17.1. The third kappa shape index (κ3) is 5.22. The van der Waals surface area contributed by atoms with Gasteiger partial charge in [-0.25, -0.2) is 9.67 Å². The maximum absolute atomic E-state index is 5.86. The summed E-state index contributed by atoms with van der Waals surface area (Å²) in [4.78, 5) is 6.97. The maximum Gasteiger partial charge on any atom is 0.161 e. The van der Waals surface area contributed by atoms with Gasteiger partial charge in [-0.05, 0) is 63.3 Å². The Kier molecular flexibility index (Phi) is 6.72. The largest absolute Gasteiger partial charge is 0.493 e. The second-order valence-corrected chi connectivity index (χ2v) is 7.47. The molecule has 2 aromatic rings. The molecule has 27 heavy (non-hydrogen) atoms. The Labute approximate surface area is 162 Å². The summed E-state index contributed by atoms with van der Waals surface area (Å²) in [6.07, 6.45) is 3.47. The molecule has 1 aliphatic rings. The number of ether oxygens (including phenoxy) is 2. The van der Waals surface area contributed by atoms with Crippen molar-refractivity contribution in [1.82, 2.24) is 19.7 Å². The van der Waals surface area contributed by atoms with E-state index in [9.17, 15) is 0 Å². The molecule has 1 fully saturated rings. The molecule has 3 rings (SSSR count). The molecule has 0 N–H and O–H groups in total. The number of hydrogen-bond acceptors (Lipinski definition) is 5. The van der Waals surface area contributed by atoms with Crippen molar-refractivity contribution in [2.75, 3.05) is 26.8 Å². The van der Waals surface area contributed by atoms with Crippen LogP contribution in [0.1, 0.15) is 43.4 Å². The summed E-state index contributed by atoms with van der Waals surface area (Å²) in [5.74, 6) is 4.14. The molecule has 1 atom stereocenters. The lowest BCUT2D eigenvalue weighted by Crippen LogP contribution is -2.36. The highest BCUT2D eigenvalue weighted by Crippen LogP contribution is 2.29. The van der Waals surface area contributed by atoms with Crippen LogP contribution in [0, 0.1) is 19.8 Å². The summed E-state index contributed by atoms with van der Waals surface area (Å²) in [5, 5.41) is 4.53. The van der Waals surface area contributed by atoms with Crippen LogP contribution in [-0.2, 0) is 13.1 Å². The summed E-state index contributed by atoms with van der Waals surface area (Å²) in [6.45, 7) is 11.0.